The SMILES string of the molecule is Cc1cnc(-c2noc(C3(N)CCC(C)CC3)n2)nc1. The van der Waals surface area contributed by atoms with E-state index < -0.39 is 5.54 Å². The lowest BCUT2D eigenvalue weighted by Gasteiger charge is -2.32. The Morgan fingerprint density at radius 2 is 1.85 bits per heavy atom. The van der Waals surface area contributed by atoms with Gasteiger partial charge in [-0.05, 0) is 44.1 Å². The van der Waals surface area contributed by atoms with E-state index in [9.17, 15) is 0 Å². The van der Waals surface area contributed by atoms with Crippen LogP contribution in [0.4, 0.5) is 0 Å². The van der Waals surface area contributed by atoms with E-state index >= 15 is 0 Å². The van der Waals surface area contributed by atoms with Crippen molar-refractivity contribution in [3.63, 3.8) is 0 Å². The molecule has 1 fully saturated rings. The highest BCUT2D eigenvalue weighted by molar-refractivity contribution is 5.41. The van der Waals surface area contributed by atoms with Gasteiger partial charge in [0.1, 0.15) is 0 Å². The van der Waals surface area contributed by atoms with Crippen molar-refractivity contribution < 1.29 is 4.52 Å². The van der Waals surface area contributed by atoms with E-state index in [4.69, 9.17) is 10.3 Å². The molecule has 0 aromatic carbocycles. The Hall–Kier alpha value is -1.82. The Morgan fingerprint density at radius 1 is 1.20 bits per heavy atom. The van der Waals surface area contributed by atoms with Gasteiger partial charge in [0.05, 0.1) is 5.54 Å². The minimum Gasteiger partial charge on any atom is -0.337 e. The first-order valence-electron chi connectivity index (χ1n) is 6.99. The zero-order valence-corrected chi connectivity index (χ0v) is 11.8. The van der Waals surface area contributed by atoms with Gasteiger partial charge in [0.2, 0.25) is 17.5 Å². The van der Waals surface area contributed by atoms with Crippen LogP contribution >= 0.6 is 0 Å². The molecule has 0 unspecified atom stereocenters. The van der Waals surface area contributed by atoms with Crippen LogP contribution in [-0.4, -0.2) is 20.1 Å². The lowest BCUT2D eigenvalue weighted by molar-refractivity contribution is 0.190. The second-order valence-corrected chi connectivity index (χ2v) is 5.85. The molecule has 2 aromatic heterocycles. The zero-order chi connectivity index (χ0) is 14.2. The van der Waals surface area contributed by atoms with Gasteiger partial charge in [-0.15, -0.1) is 0 Å². The van der Waals surface area contributed by atoms with Crippen molar-refractivity contribution in [1.82, 2.24) is 20.1 Å². The van der Waals surface area contributed by atoms with Gasteiger partial charge in [0.15, 0.2) is 0 Å². The van der Waals surface area contributed by atoms with E-state index in [2.05, 4.69) is 27.0 Å². The quantitative estimate of drug-likeness (QED) is 0.902. The molecule has 1 aliphatic rings. The fourth-order valence-electron chi connectivity index (χ4n) is 2.52. The van der Waals surface area contributed by atoms with E-state index in [0.29, 0.717) is 17.5 Å². The molecule has 1 aliphatic carbocycles. The van der Waals surface area contributed by atoms with Crippen LogP contribution < -0.4 is 5.73 Å². The van der Waals surface area contributed by atoms with Crippen LogP contribution in [0.1, 0.15) is 44.1 Å². The maximum Gasteiger partial charge on any atom is 0.247 e. The van der Waals surface area contributed by atoms with Crippen molar-refractivity contribution in [1.29, 1.82) is 0 Å². The summed E-state index contributed by atoms with van der Waals surface area (Å²) in [5.41, 5.74) is 6.92. The Morgan fingerprint density at radius 3 is 2.50 bits per heavy atom. The molecular formula is C14H19N5O. The van der Waals surface area contributed by atoms with Crippen LogP contribution in [0.3, 0.4) is 0 Å². The molecule has 20 heavy (non-hydrogen) atoms. The summed E-state index contributed by atoms with van der Waals surface area (Å²) in [4.78, 5) is 12.8. The first-order chi connectivity index (χ1) is 9.57. The van der Waals surface area contributed by atoms with E-state index in [-0.39, 0.29) is 0 Å². The number of nitrogens with zero attached hydrogens (tertiary/aromatic N) is 4. The van der Waals surface area contributed by atoms with Crippen LogP contribution in [0.2, 0.25) is 0 Å². The number of hydrogen-bond donors (Lipinski definition) is 1. The van der Waals surface area contributed by atoms with E-state index in [1.165, 1.54) is 0 Å². The van der Waals surface area contributed by atoms with Crippen LogP contribution in [0, 0.1) is 12.8 Å². The summed E-state index contributed by atoms with van der Waals surface area (Å²) in [5.74, 6) is 2.10. The van der Waals surface area contributed by atoms with Gasteiger partial charge < -0.3 is 10.3 Å². The molecule has 2 aromatic rings. The van der Waals surface area contributed by atoms with Crippen LogP contribution in [0.15, 0.2) is 16.9 Å². The topological polar surface area (TPSA) is 90.7 Å². The lowest BCUT2D eigenvalue weighted by atomic mass is 9.78. The molecular weight excluding hydrogens is 254 g/mol. The minimum atomic E-state index is -0.498. The third-order valence-corrected chi connectivity index (χ3v) is 4.00. The molecule has 3 rings (SSSR count). The van der Waals surface area contributed by atoms with E-state index in [1.54, 1.807) is 12.4 Å². The third-order valence-electron chi connectivity index (χ3n) is 4.00. The molecule has 0 saturated heterocycles. The maximum atomic E-state index is 6.42. The lowest BCUT2D eigenvalue weighted by Crippen LogP contribution is -2.40. The first-order valence-corrected chi connectivity index (χ1v) is 6.99. The second kappa shape index (κ2) is 4.94. The van der Waals surface area contributed by atoms with Gasteiger partial charge in [0, 0.05) is 12.4 Å². The molecule has 2 N–H and O–H groups in total. The number of rotatable bonds is 2. The Labute approximate surface area is 117 Å². The van der Waals surface area contributed by atoms with Crippen molar-refractivity contribution in [2.45, 2.75) is 45.1 Å². The van der Waals surface area contributed by atoms with Crippen molar-refractivity contribution in [2.75, 3.05) is 0 Å². The van der Waals surface area contributed by atoms with Crippen molar-refractivity contribution >= 4 is 0 Å². The smallest absolute Gasteiger partial charge is 0.247 e. The molecule has 0 aliphatic heterocycles. The summed E-state index contributed by atoms with van der Waals surface area (Å²) >= 11 is 0. The number of nitrogens with two attached hydrogens (primary N) is 1. The second-order valence-electron chi connectivity index (χ2n) is 5.85. The molecule has 6 nitrogen and oxygen atoms in total. The molecule has 0 radical (unpaired) electrons. The van der Waals surface area contributed by atoms with E-state index in [0.717, 1.165) is 37.2 Å². The molecule has 6 heteroatoms. The van der Waals surface area contributed by atoms with Crippen LogP contribution in [0.25, 0.3) is 11.6 Å². The highest BCUT2D eigenvalue weighted by Crippen LogP contribution is 2.36. The standard InChI is InChI=1S/C14H19N5O/c1-9-3-5-14(15,6-4-9)13-18-12(19-20-13)11-16-7-10(2)8-17-11/h7-9H,3-6,15H2,1-2H3. The fourth-order valence-corrected chi connectivity index (χ4v) is 2.52. The summed E-state index contributed by atoms with van der Waals surface area (Å²) in [5, 5.41) is 3.96. The van der Waals surface area contributed by atoms with Gasteiger partial charge in [-0.25, -0.2) is 9.97 Å². The molecule has 1 saturated carbocycles. The average Bonchev–Trinajstić information content (AvgIpc) is 2.94. The summed E-state index contributed by atoms with van der Waals surface area (Å²) in [7, 11) is 0. The summed E-state index contributed by atoms with van der Waals surface area (Å²) in [6, 6.07) is 0. The third kappa shape index (κ3) is 2.43. The predicted molar refractivity (Wildman–Crippen MR) is 73.6 cm³/mol. The minimum absolute atomic E-state index is 0.406. The Kier molecular flexibility index (Phi) is 3.25. The summed E-state index contributed by atoms with van der Waals surface area (Å²) in [6.45, 7) is 4.18. The van der Waals surface area contributed by atoms with Gasteiger partial charge >= 0.3 is 0 Å². The zero-order valence-electron chi connectivity index (χ0n) is 11.8. The van der Waals surface area contributed by atoms with Crippen LogP contribution in [0.5, 0.6) is 0 Å². The normalized spacial score (nSPS) is 26.6. The molecule has 0 amide bonds. The monoisotopic (exact) mass is 273 g/mol. The first kappa shape index (κ1) is 13.2. The highest BCUT2D eigenvalue weighted by Gasteiger charge is 2.37. The summed E-state index contributed by atoms with van der Waals surface area (Å²) < 4.78 is 5.36. The fraction of sp³-hybridized carbons (Fsp3) is 0.571. The van der Waals surface area contributed by atoms with Crippen molar-refractivity contribution in [3.05, 3.63) is 23.8 Å². The summed E-state index contributed by atoms with van der Waals surface area (Å²) in [6.07, 6.45) is 7.41. The average molecular weight is 273 g/mol. The van der Waals surface area contributed by atoms with Crippen molar-refractivity contribution in [2.24, 2.45) is 11.7 Å². The van der Waals surface area contributed by atoms with E-state index in [1.807, 2.05) is 6.92 Å². The largest absolute Gasteiger partial charge is 0.337 e. The Bertz CT molecular complexity index is 584. The maximum absolute atomic E-state index is 6.42. The molecule has 0 spiro atoms. The number of aryl methyl sites for hydroxylation is 1. The van der Waals surface area contributed by atoms with Gasteiger partial charge in [-0.2, -0.15) is 4.98 Å². The van der Waals surface area contributed by atoms with Gasteiger partial charge in [-0.3, -0.25) is 0 Å². The molecule has 2 heterocycles. The van der Waals surface area contributed by atoms with Gasteiger partial charge in [-0.1, -0.05) is 12.1 Å². The molecule has 106 valence electrons. The molecule has 0 atom stereocenters. The number of aromatic nitrogens is 4. The molecule has 0 bridgehead atoms. The highest BCUT2D eigenvalue weighted by atomic mass is 16.5. The van der Waals surface area contributed by atoms with Crippen molar-refractivity contribution in [3.8, 4) is 11.6 Å². The predicted octanol–water partition coefficient (Wildman–Crippen LogP) is 2.20. The van der Waals surface area contributed by atoms with Gasteiger partial charge in [0.25, 0.3) is 0 Å². The number of hydrogen-bond acceptors (Lipinski definition) is 6. The van der Waals surface area contributed by atoms with Crippen LogP contribution in [-0.2, 0) is 5.54 Å². The Balaban J connectivity index is 1.85.